The smallest absolute Gasteiger partial charge is 0.247 e. The molecule has 1 saturated heterocycles. The van der Waals surface area contributed by atoms with Gasteiger partial charge < -0.3 is 25.8 Å². The minimum absolute atomic E-state index is 0.195. The minimum Gasteiger partial charge on any atom is -0.369 e. The van der Waals surface area contributed by atoms with Crippen molar-refractivity contribution in [2.45, 2.75) is 6.92 Å². The number of nitrogens with zero attached hydrogens (tertiary/aromatic N) is 4. The molecule has 1 aliphatic rings. The van der Waals surface area contributed by atoms with E-state index >= 15 is 0 Å². The quantitative estimate of drug-likeness (QED) is 0.298. The lowest BCUT2D eigenvalue weighted by molar-refractivity contribution is -0.114. The molecule has 2 amide bonds. The maximum absolute atomic E-state index is 12.0. The lowest BCUT2D eigenvalue weighted by atomic mass is 9.99. The average molecular weight is 522 g/mol. The Kier molecular flexibility index (Phi) is 7.51. The third-order valence-corrected chi connectivity index (χ3v) is 6.66. The number of aromatic nitrogens is 2. The number of likely N-dealkylation sites (N-methyl/N-ethyl adjacent to an activating group) is 1. The fourth-order valence-electron chi connectivity index (χ4n) is 4.64. The molecule has 0 atom stereocenters. The maximum Gasteiger partial charge on any atom is 0.247 e. The van der Waals surface area contributed by atoms with Gasteiger partial charge in [0, 0.05) is 67.3 Å². The highest BCUT2D eigenvalue weighted by Crippen LogP contribution is 2.36. The van der Waals surface area contributed by atoms with Gasteiger partial charge >= 0.3 is 0 Å². The Morgan fingerprint density at radius 1 is 0.949 bits per heavy atom. The van der Waals surface area contributed by atoms with Crippen molar-refractivity contribution in [2.75, 3.05) is 54.1 Å². The van der Waals surface area contributed by atoms with E-state index in [1.165, 1.54) is 18.7 Å². The molecule has 0 radical (unpaired) electrons. The van der Waals surface area contributed by atoms with Gasteiger partial charge in [0.25, 0.3) is 0 Å². The lowest BCUT2D eigenvalue weighted by Crippen LogP contribution is -2.44. The van der Waals surface area contributed by atoms with Crippen LogP contribution in [0.1, 0.15) is 6.92 Å². The Hall–Kier alpha value is -4.76. The molecule has 1 fully saturated rings. The molecule has 39 heavy (non-hydrogen) atoms. The molecule has 4 aromatic rings. The number of benzene rings is 3. The average Bonchev–Trinajstić information content (AvgIpc) is 2.93. The van der Waals surface area contributed by atoms with Crippen molar-refractivity contribution in [3.63, 3.8) is 0 Å². The van der Waals surface area contributed by atoms with Gasteiger partial charge in [-0.2, -0.15) is 0 Å². The van der Waals surface area contributed by atoms with Gasteiger partial charge in [0.2, 0.25) is 17.8 Å². The number of piperazine rings is 1. The van der Waals surface area contributed by atoms with Crippen molar-refractivity contribution in [3.8, 4) is 11.1 Å². The molecule has 0 aliphatic carbocycles. The van der Waals surface area contributed by atoms with Crippen LogP contribution in [0.4, 0.5) is 28.7 Å². The number of nitrogens with one attached hydrogen (secondary N) is 3. The first-order chi connectivity index (χ1) is 18.9. The van der Waals surface area contributed by atoms with Crippen LogP contribution in [0.5, 0.6) is 0 Å². The standard InChI is InChI=1S/C30H31N7O2/c1-4-27(39)33-24-7-5-6-21(18-24)28-26(32-20(2)38)13-8-22-19-31-30(35-29(22)28)34-23-9-11-25(12-10-23)37-16-14-36(3)15-17-37/h4-13,18-19H,1,14-17H2,2-3H3,(H,32,38)(H,33,39)(H,31,34,35). The Morgan fingerprint density at radius 2 is 1.72 bits per heavy atom. The number of amides is 2. The zero-order chi connectivity index (χ0) is 27.4. The molecular formula is C30H31N7O2. The van der Waals surface area contributed by atoms with E-state index in [0.29, 0.717) is 22.8 Å². The summed E-state index contributed by atoms with van der Waals surface area (Å²) in [5.41, 5.74) is 5.47. The lowest BCUT2D eigenvalue weighted by Gasteiger charge is -2.34. The van der Waals surface area contributed by atoms with Crippen molar-refractivity contribution in [1.29, 1.82) is 0 Å². The Bertz CT molecular complexity index is 1530. The van der Waals surface area contributed by atoms with Gasteiger partial charge in [-0.05, 0) is 67.2 Å². The van der Waals surface area contributed by atoms with Crippen LogP contribution >= 0.6 is 0 Å². The third-order valence-electron chi connectivity index (χ3n) is 6.66. The largest absolute Gasteiger partial charge is 0.369 e. The van der Waals surface area contributed by atoms with Crippen LogP contribution in [-0.4, -0.2) is 59.9 Å². The molecule has 2 heterocycles. The SMILES string of the molecule is C=CC(=O)Nc1cccc(-c2c(NC(C)=O)ccc3cnc(Nc4ccc(N5CCN(C)CC5)cc4)nc23)c1. The minimum atomic E-state index is -0.306. The van der Waals surface area contributed by atoms with Gasteiger partial charge in [-0.1, -0.05) is 18.7 Å². The molecule has 1 aliphatic heterocycles. The van der Waals surface area contributed by atoms with Gasteiger partial charge in [0.15, 0.2) is 0 Å². The molecule has 0 bridgehead atoms. The first-order valence-electron chi connectivity index (χ1n) is 12.8. The first-order valence-corrected chi connectivity index (χ1v) is 12.8. The molecule has 9 nitrogen and oxygen atoms in total. The maximum atomic E-state index is 12.0. The van der Waals surface area contributed by atoms with E-state index in [1.54, 1.807) is 12.3 Å². The Labute approximate surface area is 227 Å². The van der Waals surface area contributed by atoms with E-state index in [4.69, 9.17) is 4.98 Å². The Balaban J connectivity index is 1.48. The number of rotatable bonds is 7. The summed E-state index contributed by atoms with van der Waals surface area (Å²) in [7, 11) is 2.15. The topological polar surface area (TPSA) is 102 Å². The van der Waals surface area contributed by atoms with Gasteiger partial charge in [0.1, 0.15) is 0 Å². The van der Waals surface area contributed by atoms with Gasteiger partial charge in [-0.3, -0.25) is 9.59 Å². The van der Waals surface area contributed by atoms with Gasteiger partial charge in [-0.15, -0.1) is 0 Å². The summed E-state index contributed by atoms with van der Waals surface area (Å²) in [6.07, 6.45) is 2.98. The van der Waals surface area contributed by atoms with Crippen LogP contribution in [0.2, 0.25) is 0 Å². The van der Waals surface area contributed by atoms with E-state index in [-0.39, 0.29) is 11.8 Å². The zero-order valence-corrected chi connectivity index (χ0v) is 22.1. The van der Waals surface area contributed by atoms with Gasteiger partial charge in [0.05, 0.1) is 11.2 Å². The number of hydrogen-bond acceptors (Lipinski definition) is 7. The summed E-state index contributed by atoms with van der Waals surface area (Å²) in [5, 5.41) is 9.83. The molecule has 1 aromatic heterocycles. The fourth-order valence-corrected chi connectivity index (χ4v) is 4.64. The number of carbonyl (C=O) groups excluding carboxylic acids is 2. The van der Waals surface area contributed by atoms with Crippen LogP contribution in [0.3, 0.4) is 0 Å². The summed E-state index contributed by atoms with van der Waals surface area (Å²) < 4.78 is 0. The van der Waals surface area contributed by atoms with Crippen molar-refractivity contribution in [1.82, 2.24) is 14.9 Å². The van der Waals surface area contributed by atoms with E-state index in [9.17, 15) is 9.59 Å². The van der Waals surface area contributed by atoms with Crippen LogP contribution in [0.15, 0.2) is 79.5 Å². The summed E-state index contributed by atoms with van der Waals surface area (Å²) in [6, 6.07) is 19.4. The van der Waals surface area contributed by atoms with Crippen molar-refractivity contribution in [3.05, 3.63) is 79.5 Å². The number of hydrogen-bond donors (Lipinski definition) is 3. The molecule has 0 saturated carbocycles. The highest BCUT2D eigenvalue weighted by atomic mass is 16.2. The summed E-state index contributed by atoms with van der Waals surface area (Å²) in [4.78, 5) is 38.0. The predicted molar refractivity (Wildman–Crippen MR) is 158 cm³/mol. The highest BCUT2D eigenvalue weighted by Gasteiger charge is 2.16. The molecular weight excluding hydrogens is 490 g/mol. The number of fused-ring (bicyclic) bond motifs is 1. The van der Waals surface area contributed by atoms with Crippen LogP contribution in [0.25, 0.3) is 22.0 Å². The molecule has 0 spiro atoms. The molecule has 198 valence electrons. The number of carbonyl (C=O) groups is 2. The van der Waals surface area contributed by atoms with Crippen molar-refractivity contribution >= 4 is 51.4 Å². The van der Waals surface area contributed by atoms with Crippen LogP contribution in [0, 0.1) is 0 Å². The summed E-state index contributed by atoms with van der Waals surface area (Å²) in [6.45, 7) is 9.10. The second-order valence-electron chi connectivity index (χ2n) is 9.54. The van der Waals surface area contributed by atoms with Crippen LogP contribution in [-0.2, 0) is 9.59 Å². The Morgan fingerprint density at radius 3 is 2.44 bits per heavy atom. The molecule has 3 aromatic carbocycles. The third kappa shape index (κ3) is 6.05. The predicted octanol–water partition coefficient (Wildman–Crippen LogP) is 4.88. The van der Waals surface area contributed by atoms with Crippen molar-refractivity contribution in [2.24, 2.45) is 0 Å². The normalized spacial score (nSPS) is 13.6. The van der Waals surface area contributed by atoms with E-state index in [2.05, 4.69) is 56.5 Å². The monoisotopic (exact) mass is 521 g/mol. The zero-order valence-electron chi connectivity index (χ0n) is 22.1. The van der Waals surface area contributed by atoms with E-state index < -0.39 is 0 Å². The second-order valence-corrected chi connectivity index (χ2v) is 9.54. The van der Waals surface area contributed by atoms with E-state index in [0.717, 1.165) is 48.4 Å². The van der Waals surface area contributed by atoms with Crippen molar-refractivity contribution < 1.29 is 9.59 Å². The first kappa shape index (κ1) is 25.9. The highest BCUT2D eigenvalue weighted by molar-refractivity contribution is 6.06. The summed E-state index contributed by atoms with van der Waals surface area (Å²) >= 11 is 0. The molecule has 0 unspecified atom stereocenters. The second kappa shape index (κ2) is 11.3. The molecule has 5 rings (SSSR count). The molecule has 9 heteroatoms. The number of anilines is 5. The van der Waals surface area contributed by atoms with Gasteiger partial charge in [-0.25, -0.2) is 9.97 Å². The fraction of sp³-hybridized carbons (Fsp3) is 0.200. The summed E-state index contributed by atoms with van der Waals surface area (Å²) in [5.74, 6) is -0.0636. The molecule has 3 N–H and O–H groups in total. The van der Waals surface area contributed by atoms with E-state index in [1.807, 2.05) is 42.5 Å². The van der Waals surface area contributed by atoms with Crippen LogP contribution < -0.4 is 20.9 Å².